The highest BCUT2D eigenvalue weighted by Gasteiger charge is 2.02. The third-order valence-corrected chi connectivity index (χ3v) is 3.16. The topological polar surface area (TPSA) is 35.8 Å². The number of nitriles is 1. The number of halogens is 2. The van der Waals surface area contributed by atoms with Crippen molar-refractivity contribution in [2.24, 2.45) is 0 Å². The number of hydrogen-bond donors (Lipinski definition) is 1. The van der Waals surface area contributed by atoms with Crippen molar-refractivity contribution in [3.63, 3.8) is 0 Å². The zero-order valence-corrected chi connectivity index (χ0v) is 11.1. The van der Waals surface area contributed by atoms with E-state index in [9.17, 15) is 4.39 Å². The number of rotatable bonds is 3. The molecule has 0 unspecified atom stereocenters. The summed E-state index contributed by atoms with van der Waals surface area (Å²) >= 11 is 6.03. The molecule has 2 nitrogen and oxygen atoms in total. The van der Waals surface area contributed by atoms with E-state index in [4.69, 9.17) is 16.9 Å². The van der Waals surface area contributed by atoms with Crippen LogP contribution in [0.2, 0.25) is 5.02 Å². The Kier molecular flexibility index (Phi) is 4.03. The van der Waals surface area contributed by atoms with Crippen LogP contribution >= 0.6 is 11.6 Å². The summed E-state index contributed by atoms with van der Waals surface area (Å²) in [5.74, 6) is -0.405. The van der Waals surface area contributed by atoms with Crippen LogP contribution in [-0.2, 0) is 6.54 Å². The van der Waals surface area contributed by atoms with E-state index in [2.05, 4.69) is 5.32 Å². The predicted octanol–water partition coefficient (Wildman–Crippen LogP) is 4.27. The summed E-state index contributed by atoms with van der Waals surface area (Å²) in [5.41, 5.74) is 2.90. The van der Waals surface area contributed by atoms with Gasteiger partial charge >= 0.3 is 0 Å². The highest BCUT2D eigenvalue weighted by atomic mass is 35.5. The molecule has 0 aromatic heterocycles. The molecule has 0 fully saturated rings. The molecule has 2 rings (SSSR count). The van der Waals surface area contributed by atoms with Gasteiger partial charge in [0.25, 0.3) is 0 Å². The van der Waals surface area contributed by atoms with E-state index >= 15 is 0 Å². The fraction of sp³-hybridized carbons (Fsp3) is 0.133. The van der Waals surface area contributed by atoms with Gasteiger partial charge in [0.05, 0.1) is 11.6 Å². The predicted molar refractivity (Wildman–Crippen MR) is 74.6 cm³/mol. The van der Waals surface area contributed by atoms with Crippen LogP contribution in [0.4, 0.5) is 10.1 Å². The number of anilines is 1. The van der Waals surface area contributed by atoms with E-state index in [1.807, 2.05) is 31.2 Å². The second-order valence-electron chi connectivity index (χ2n) is 4.28. The van der Waals surface area contributed by atoms with Crippen LogP contribution in [0.1, 0.15) is 16.7 Å². The monoisotopic (exact) mass is 274 g/mol. The van der Waals surface area contributed by atoms with Gasteiger partial charge < -0.3 is 5.32 Å². The minimum atomic E-state index is -0.405. The first kappa shape index (κ1) is 13.4. The molecule has 0 aliphatic carbocycles. The van der Waals surface area contributed by atoms with Gasteiger partial charge in [-0.2, -0.15) is 5.26 Å². The Hall–Kier alpha value is -2.05. The lowest BCUT2D eigenvalue weighted by Gasteiger charge is -2.08. The molecule has 0 aliphatic rings. The molecule has 0 radical (unpaired) electrons. The summed E-state index contributed by atoms with van der Waals surface area (Å²) in [5, 5.41) is 12.6. The number of hydrogen-bond acceptors (Lipinski definition) is 2. The Balaban J connectivity index is 2.12. The molecular weight excluding hydrogens is 263 g/mol. The van der Waals surface area contributed by atoms with Gasteiger partial charge in [0.2, 0.25) is 0 Å². The van der Waals surface area contributed by atoms with Gasteiger partial charge in [-0.15, -0.1) is 0 Å². The second-order valence-corrected chi connectivity index (χ2v) is 4.68. The molecule has 0 spiro atoms. The quantitative estimate of drug-likeness (QED) is 0.907. The van der Waals surface area contributed by atoms with Crippen LogP contribution in [0.3, 0.4) is 0 Å². The molecule has 0 saturated carbocycles. The van der Waals surface area contributed by atoms with Crippen LogP contribution in [0.15, 0.2) is 36.4 Å². The van der Waals surface area contributed by atoms with Crippen LogP contribution < -0.4 is 5.32 Å². The van der Waals surface area contributed by atoms with Crippen molar-refractivity contribution in [2.45, 2.75) is 13.5 Å². The van der Waals surface area contributed by atoms with E-state index in [0.717, 1.165) is 11.3 Å². The Bertz CT molecular complexity index is 647. The average molecular weight is 275 g/mol. The number of benzene rings is 2. The summed E-state index contributed by atoms with van der Waals surface area (Å²) in [4.78, 5) is 0. The van der Waals surface area contributed by atoms with Gasteiger partial charge in [-0.1, -0.05) is 17.7 Å². The van der Waals surface area contributed by atoms with Gasteiger partial charge in [0.1, 0.15) is 5.82 Å². The fourth-order valence-corrected chi connectivity index (χ4v) is 1.90. The Morgan fingerprint density at radius 1 is 1.26 bits per heavy atom. The van der Waals surface area contributed by atoms with Crippen molar-refractivity contribution >= 4 is 17.3 Å². The Morgan fingerprint density at radius 2 is 2.05 bits per heavy atom. The van der Waals surface area contributed by atoms with Crippen molar-refractivity contribution in [1.29, 1.82) is 5.26 Å². The Morgan fingerprint density at radius 3 is 2.74 bits per heavy atom. The first-order chi connectivity index (χ1) is 9.08. The van der Waals surface area contributed by atoms with Crippen molar-refractivity contribution in [2.75, 3.05) is 5.32 Å². The summed E-state index contributed by atoms with van der Waals surface area (Å²) in [7, 11) is 0. The third kappa shape index (κ3) is 3.46. The highest BCUT2D eigenvalue weighted by molar-refractivity contribution is 6.31. The first-order valence-electron chi connectivity index (χ1n) is 5.78. The van der Waals surface area contributed by atoms with E-state index in [1.54, 1.807) is 6.07 Å². The van der Waals surface area contributed by atoms with Gasteiger partial charge in [-0.25, -0.2) is 4.39 Å². The molecule has 19 heavy (non-hydrogen) atoms. The van der Waals surface area contributed by atoms with Gasteiger partial charge in [0, 0.05) is 17.3 Å². The zero-order chi connectivity index (χ0) is 13.8. The molecule has 1 N–H and O–H groups in total. The number of aryl methyl sites for hydroxylation is 1. The standard InChI is InChI=1S/C15H12ClFN2/c1-10-2-3-14(7-15(10)16)19-9-12-4-11(8-18)5-13(17)6-12/h2-7,19H,9H2,1H3. The highest BCUT2D eigenvalue weighted by Crippen LogP contribution is 2.20. The Labute approximate surface area is 116 Å². The van der Waals surface area contributed by atoms with E-state index < -0.39 is 5.82 Å². The fourth-order valence-electron chi connectivity index (χ4n) is 1.72. The van der Waals surface area contributed by atoms with Gasteiger partial charge in [0.15, 0.2) is 0 Å². The third-order valence-electron chi connectivity index (χ3n) is 2.76. The van der Waals surface area contributed by atoms with E-state index in [-0.39, 0.29) is 0 Å². The maximum Gasteiger partial charge on any atom is 0.124 e. The van der Waals surface area contributed by atoms with Crippen LogP contribution in [0.25, 0.3) is 0 Å². The lowest BCUT2D eigenvalue weighted by Crippen LogP contribution is -2.00. The molecule has 0 aliphatic heterocycles. The molecule has 2 aromatic carbocycles. The van der Waals surface area contributed by atoms with Crippen LogP contribution in [-0.4, -0.2) is 0 Å². The van der Waals surface area contributed by atoms with E-state index in [1.165, 1.54) is 12.1 Å². The van der Waals surface area contributed by atoms with Gasteiger partial charge in [-0.05, 0) is 48.4 Å². The SMILES string of the molecule is Cc1ccc(NCc2cc(F)cc(C#N)c2)cc1Cl. The van der Waals surface area contributed by atoms with Crippen LogP contribution in [0, 0.1) is 24.1 Å². The summed E-state index contributed by atoms with van der Waals surface area (Å²) < 4.78 is 13.3. The summed E-state index contributed by atoms with van der Waals surface area (Å²) in [6.45, 7) is 2.36. The number of nitrogens with zero attached hydrogens (tertiary/aromatic N) is 1. The molecule has 4 heteroatoms. The van der Waals surface area contributed by atoms with Crippen molar-refractivity contribution in [3.05, 3.63) is 63.9 Å². The zero-order valence-electron chi connectivity index (χ0n) is 10.4. The second kappa shape index (κ2) is 5.73. The maximum atomic E-state index is 13.3. The number of nitrogens with one attached hydrogen (secondary N) is 1. The summed E-state index contributed by atoms with van der Waals surface area (Å²) in [6, 6.07) is 11.9. The van der Waals surface area contributed by atoms with E-state index in [0.29, 0.717) is 22.7 Å². The maximum absolute atomic E-state index is 13.3. The minimum Gasteiger partial charge on any atom is -0.381 e. The normalized spacial score (nSPS) is 10.0. The first-order valence-corrected chi connectivity index (χ1v) is 6.16. The molecule has 0 saturated heterocycles. The van der Waals surface area contributed by atoms with Gasteiger partial charge in [-0.3, -0.25) is 0 Å². The molecular formula is C15H12ClFN2. The average Bonchev–Trinajstić information content (AvgIpc) is 2.39. The summed E-state index contributed by atoms with van der Waals surface area (Å²) in [6.07, 6.45) is 0. The lowest BCUT2D eigenvalue weighted by atomic mass is 10.1. The molecule has 2 aromatic rings. The van der Waals surface area contributed by atoms with Crippen molar-refractivity contribution in [1.82, 2.24) is 0 Å². The molecule has 96 valence electrons. The van der Waals surface area contributed by atoms with Crippen molar-refractivity contribution in [3.8, 4) is 6.07 Å². The molecule has 0 heterocycles. The molecule has 0 amide bonds. The van der Waals surface area contributed by atoms with Crippen LogP contribution in [0.5, 0.6) is 0 Å². The molecule has 0 bridgehead atoms. The smallest absolute Gasteiger partial charge is 0.124 e. The molecule has 0 atom stereocenters. The largest absolute Gasteiger partial charge is 0.381 e. The minimum absolute atomic E-state index is 0.318. The lowest BCUT2D eigenvalue weighted by molar-refractivity contribution is 0.625. The van der Waals surface area contributed by atoms with Crippen molar-refractivity contribution < 1.29 is 4.39 Å².